The van der Waals surface area contributed by atoms with Crippen molar-refractivity contribution >= 4 is 12.0 Å². The molecule has 1 aromatic rings. The summed E-state index contributed by atoms with van der Waals surface area (Å²) in [5, 5.41) is 21.9. The topological polar surface area (TPSA) is 89.9 Å². The molecule has 0 aliphatic carbocycles. The van der Waals surface area contributed by atoms with Crippen molar-refractivity contribution in [2.45, 2.75) is 69.9 Å². The van der Waals surface area contributed by atoms with Gasteiger partial charge in [0.25, 0.3) is 0 Å². The summed E-state index contributed by atoms with van der Waals surface area (Å²) < 4.78 is 0. The van der Waals surface area contributed by atoms with E-state index in [1.54, 1.807) is 0 Å². The zero-order valence-electron chi connectivity index (χ0n) is 16.0. The molecule has 27 heavy (non-hydrogen) atoms. The molecule has 150 valence electrons. The van der Waals surface area contributed by atoms with Gasteiger partial charge in [0, 0.05) is 25.6 Å². The molecule has 1 heterocycles. The van der Waals surface area contributed by atoms with Crippen LogP contribution in [0.4, 0.5) is 4.79 Å². The normalized spacial score (nSPS) is 18.2. The Balaban J connectivity index is 1.72. The van der Waals surface area contributed by atoms with Crippen LogP contribution in [-0.4, -0.2) is 52.3 Å². The van der Waals surface area contributed by atoms with Crippen molar-refractivity contribution in [3.05, 3.63) is 35.9 Å². The molecule has 6 nitrogen and oxygen atoms in total. The van der Waals surface area contributed by atoms with E-state index in [9.17, 15) is 14.7 Å². The van der Waals surface area contributed by atoms with Gasteiger partial charge in [-0.2, -0.15) is 0 Å². The van der Waals surface area contributed by atoms with Crippen LogP contribution < -0.4 is 5.32 Å². The number of nitrogens with zero attached hydrogens (tertiary/aromatic N) is 1. The van der Waals surface area contributed by atoms with Gasteiger partial charge in [-0.05, 0) is 44.1 Å². The van der Waals surface area contributed by atoms with Gasteiger partial charge >= 0.3 is 12.0 Å². The fourth-order valence-electron chi connectivity index (χ4n) is 3.64. The van der Waals surface area contributed by atoms with Crippen molar-refractivity contribution < 1.29 is 19.8 Å². The van der Waals surface area contributed by atoms with Crippen molar-refractivity contribution in [3.63, 3.8) is 0 Å². The number of carbonyl (C=O) groups is 2. The zero-order chi connectivity index (χ0) is 19.5. The molecule has 1 aliphatic rings. The van der Waals surface area contributed by atoms with Crippen LogP contribution in [0.2, 0.25) is 0 Å². The monoisotopic (exact) mass is 376 g/mol. The second-order valence-electron chi connectivity index (χ2n) is 7.35. The molecule has 0 aromatic heterocycles. The minimum atomic E-state index is -0.750. The Kier molecular flexibility index (Phi) is 9.11. The van der Waals surface area contributed by atoms with Crippen molar-refractivity contribution in [1.29, 1.82) is 0 Å². The van der Waals surface area contributed by atoms with Gasteiger partial charge in [0.1, 0.15) is 0 Å². The van der Waals surface area contributed by atoms with E-state index in [0.717, 1.165) is 37.7 Å². The van der Waals surface area contributed by atoms with E-state index in [0.29, 0.717) is 32.4 Å². The van der Waals surface area contributed by atoms with E-state index in [1.807, 2.05) is 35.2 Å². The number of carboxylic acids is 1. The number of urea groups is 1. The van der Waals surface area contributed by atoms with Gasteiger partial charge in [-0.3, -0.25) is 4.79 Å². The standard InChI is InChI=1S/C21H32N2O4/c24-19(16-17-8-4-3-5-9-17)12-11-18-13-14-22-21(27)23(18)15-7-2-1-6-10-20(25)26/h3-5,8-9,18-19,24H,1-2,6-7,10-16H2,(H,22,27)(H,25,26)/t18-,19?/m0/s1. The number of hydrogen-bond acceptors (Lipinski definition) is 3. The van der Waals surface area contributed by atoms with Crippen molar-refractivity contribution in [1.82, 2.24) is 10.2 Å². The third-order valence-corrected chi connectivity index (χ3v) is 5.14. The fraction of sp³-hybridized carbons (Fsp3) is 0.619. The van der Waals surface area contributed by atoms with Crippen LogP contribution in [0.1, 0.15) is 56.9 Å². The minimum Gasteiger partial charge on any atom is -0.481 e. The Morgan fingerprint density at radius 3 is 2.67 bits per heavy atom. The first kappa shape index (κ1) is 21.2. The number of aliphatic hydroxyl groups excluding tert-OH is 1. The lowest BCUT2D eigenvalue weighted by molar-refractivity contribution is -0.137. The molecule has 3 N–H and O–H groups in total. The summed E-state index contributed by atoms with van der Waals surface area (Å²) in [4.78, 5) is 24.6. The lowest BCUT2D eigenvalue weighted by Crippen LogP contribution is -2.52. The fourth-order valence-corrected chi connectivity index (χ4v) is 3.64. The lowest BCUT2D eigenvalue weighted by Gasteiger charge is -2.36. The highest BCUT2D eigenvalue weighted by Gasteiger charge is 2.27. The van der Waals surface area contributed by atoms with Crippen LogP contribution >= 0.6 is 0 Å². The molecule has 2 amide bonds. The summed E-state index contributed by atoms with van der Waals surface area (Å²) in [6.07, 6.45) is 6.24. The average Bonchev–Trinajstić information content (AvgIpc) is 2.65. The van der Waals surface area contributed by atoms with Gasteiger partial charge < -0.3 is 20.4 Å². The van der Waals surface area contributed by atoms with Crippen LogP contribution in [0.5, 0.6) is 0 Å². The number of benzene rings is 1. The SMILES string of the molecule is O=C(O)CCCCCCN1C(=O)NCC[C@@H]1CCC(O)Cc1ccccc1. The number of nitrogens with one attached hydrogen (secondary N) is 1. The molecular weight excluding hydrogens is 344 g/mol. The predicted molar refractivity (Wildman–Crippen MR) is 105 cm³/mol. The minimum absolute atomic E-state index is 0.0191. The quantitative estimate of drug-likeness (QED) is 0.489. The predicted octanol–water partition coefficient (Wildman–Crippen LogP) is 3.19. The van der Waals surface area contributed by atoms with Gasteiger partial charge in [-0.1, -0.05) is 43.2 Å². The Morgan fingerprint density at radius 2 is 1.93 bits per heavy atom. The van der Waals surface area contributed by atoms with Crippen molar-refractivity contribution in [3.8, 4) is 0 Å². The first-order valence-electron chi connectivity index (χ1n) is 10.0. The highest BCUT2D eigenvalue weighted by Crippen LogP contribution is 2.19. The second-order valence-corrected chi connectivity index (χ2v) is 7.35. The van der Waals surface area contributed by atoms with E-state index in [-0.39, 0.29) is 18.5 Å². The Hall–Kier alpha value is -2.08. The molecule has 1 aromatic carbocycles. The second kappa shape index (κ2) is 11.6. The maximum Gasteiger partial charge on any atom is 0.317 e. The highest BCUT2D eigenvalue weighted by molar-refractivity contribution is 5.75. The third-order valence-electron chi connectivity index (χ3n) is 5.14. The zero-order valence-corrected chi connectivity index (χ0v) is 16.0. The van der Waals surface area contributed by atoms with E-state index in [2.05, 4.69) is 5.32 Å². The molecule has 0 spiro atoms. The number of carboxylic acid groups (broad SMARTS) is 1. The average molecular weight is 376 g/mol. The maximum absolute atomic E-state index is 12.2. The number of amides is 2. The molecule has 2 rings (SSSR count). The van der Waals surface area contributed by atoms with Crippen LogP contribution in [-0.2, 0) is 11.2 Å². The van der Waals surface area contributed by atoms with Gasteiger partial charge in [0.05, 0.1) is 6.10 Å². The summed E-state index contributed by atoms with van der Waals surface area (Å²) in [7, 11) is 0. The maximum atomic E-state index is 12.2. The molecule has 0 radical (unpaired) electrons. The molecule has 1 saturated heterocycles. The Bertz CT molecular complexity index is 579. The number of aliphatic carboxylic acids is 1. The third kappa shape index (κ3) is 7.99. The number of carbonyl (C=O) groups excluding carboxylic acids is 1. The molecular formula is C21H32N2O4. The molecule has 2 atom stereocenters. The van der Waals surface area contributed by atoms with Gasteiger partial charge in [0.2, 0.25) is 0 Å². The van der Waals surface area contributed by atoms with Crippen LogP contribution in [0.25, 0.3) is 0 Å². The molecule has 0 bridgehead atoms. The van der Waals surface area contributed by atoms with E-state index in [1.165, 1.54) is 0 Å². The van der Waals surface area contributed by atoms with E-state index in [4.69, 9.17) is 5.11 Å². The summed E-state index contributed by atoms with van der Waals surface area (Å²) in [5.41, 5.74) is 1.13. The largest absolute Gasteiger partial charge is 0.481 e. The van der Waals surface area contributed by atoms with Crippen LogP contribution in [0.15, 0.2) is 30.3 Å². The van der Waals surface area contributed by atoms with Crippen LogP contribution in [0.3, 0.4) is 0 Å². The smallest absolute Gasteiger partial charge is 0.317 e. The Morgan fingerprint density at radius 1 is 1.19 bits per heavy atom. The van der Waals surface area contributed by atoms with E-state index < -0.39 is 12.1 Å². The van der Waals surface area contributed by atoms with E-state index >= 15 is 0 Å². The van der Waals surface area contributed by atoms with Gasteiger partial charge in [-0.25, -0.2) is 4.79 Å². The molecule has 6 heteroatoms. The molecule has 1 fully saturated rings. The van der Waals surface area contributed by atoms with Crippen molar-refractivity contribution in [2.24, 2.45) is 0 Å². The highest BCUT2D eigenvalue weighted by atomic mass is 16.4. The molecule has 0 saturated carbocycles. The first-order valence-corrected chi connectivity index (χ1v) is 10.0. The lowest BCUT2D eigenvalue weighted by atomic mass is 9.98. The summed E-state index contributed by atoms with van der Waals surface area (Å²) in [6, 6.07) is 10.1. The Labute approximate surface area is 161 Å². The molecule has 1 unspecified atom stereocenters. The number of aliphatic hydroxyl groups is 1. The number of unbranched alkanes of at least 4 members (excludes halogenated alkanes) is 3. The van der Waals surface area contributed by atoms with Crippen molar-refractivity contribution in [2.75, 3.05) is 13.1 Å². The molecule has 1 aliphatic heterocycles. The number of hydrogen-bond donors (Lipinski definition) is 3. The van der Waals surface area contributed by atoms with Crippen LogP contribution in [0, 0.1) is 0 Å². The summed E-state index contributed by atoms with van der Waals surface area (Å²) >= 11 is 0. The number of rotatable bonds is 12. The first-order chi connectivity index (χ1) is 13.1. The van der Waals surface area contributed by atoms with Gasteiger partial charge in [0.15, 0.2) is 0 Å². The van der Waals surface area contributed by atoms with Gasteiger partial charge in [-0.15, -0.1) is 0 Å². The summed E-state index contributed by atoms with van der Waals surface area (Å²) in [6.45, 7) is 1.38. The summed E-state index contributed by atoms with van der Waals surface area (Å²) in [5.74, 6) is -0.750.